The Kier molecular flexibility index (Phi) is 66.1. The predicted octanol–water partition coefficient (Wildman–Crippen LogP) is 9.67. The molecule has 0 bridgehead atoms. The first-order chi connectivity index (χ1) is 52.3. The van der Waals surface area contributed by atoms with E-state index in [1.54, 1.807) is 0 Å². The number of Topliss-reactive ketones (excluding diaryl/α,β-unsaturated/α-hetero) is 5. The number of amides is 5. The first kappa shape index (κ1) is 102. The molecule has 1 unspecified atom stereocenters. The van der Waals surface area contributed by atoms with Crippen molar-refractivity contribution in [1.82, 2.24) is 26.6 Å². The molecule has 0 heterocycles. The molecule has 13 N–H and O–H groups in total. The Balaban J connectivity index is 3.98. The van der Waals surface area contributed by atoms with Crippen LogP contribution in [0.15, 0.2) is 0 Å². The van der Waals surface area contributed by atoms with Crippen LogP contribution < -0.4 is 38.1 Å². The Morgan fingerprint density at radius 3 is 1.10 bits per heavy atom. The van der Waals surface area contributed by atoms with Gasteiger partial charge in [-0.15, -0.1) is 0 Å². The third kappa shape index (κ3) is 65.7. The summed E-state index contributed by atoms with van der Waals surface area (Å²) < 4.78 is 21.8. The van der Waals surface area contributed by atoms with E-state index in [1.165, 1.54) is 6.92 Å². The molecule has 29 heteroatoms. The van der Waals surface area contributed by atoms with Crippen LogP contribution in [-0.2, 0) is 86.1 Å². The van der Waals surface area contributed by atoms with Crippen LogP contribution in [0.4, 0.5) is 0 Å². The Labute approximate surface area is 648 Å². The number of carboxylic acids is 4. The summed E-state index contributed by atoms with van der Waals surface area (Å²) in [7, 11) is 0. The van der Waals surface area contributed by atoms with Crippen LogP contribution in [0.2, 0.25) is 0 Å². The van der Waals surface area contributed by atoms with Crippen molar-refractivity contribution < 1.29 is 106 Å². The highest BCUT2D eigenvalue weighted by Gasteiger charge is 2.25. The van der Waals surface area contributed by atoms with Gasteiger partial charge in [0, 0.05) is 102 Å². The van der Waals surface area contributed by atoms with E-state index in [9.17, 15) is 77.3 Å². The first-order valence-electron chi connectivity index (χ1n) is 41.0. The fourth-order valence-electron chi connectivity index (χ4n) is 12.3. The molecule has 0 aliphatic heterocycles. The maximum absolute atomic E-state index is 13.1. The number of hydrogen-bond acceptors (Lipinski definition) is 20. The van der Waals surface area contributed by atoms with Crippen molar-refractivity contribution in [3.8, 4) is 0 Å². The number of hydrogen-bond donors (Lipinski definition) is 11. The highest BCUT2D eigenvalue weighted by molar-refractivity contribution is 5.88. The van der Waals surface area contributed by atoms with Gasteiger partial charge in [-0.2, -0.15) is 0 Å². The summed E-state index contributed by atoms with van der Waals surface area (Å²) in [5.41, 5.74) is 12.3. The van der Waals surface area contributed by atoms with E-state index in [-0.39, 0.29) is 188 Å². The van der Waals surface area contributed by atoms with Gasteiger partial charge in [0.2, 0.25) is 29.5 Å². The third-order valence-corrected chi connectivity index (χ3v) is 19.2. The summed E-state index contributed by atoms with van der Waals surface area (Å²) in [4.78, 5) is 170. The average molecular weight is 1550 g/mol. The molecule has 0 aliphatic rings. The number of unbranched alkanes of at least 4 members (excludes halogenated alkanes) is 24. The second-order valence-electron chi connectivity index (χ2n) is 29.1. The summed E-state index contributed by atoms with van der Waals surface area (Å²) in [5, 5.41) is 50.2. The van der Waals surface area contributed by atoms with Gasteiger partial charge in [-0.3, -0.25) is 62.3 Å². The molecule has 0 saturated heterocycles. The zero-order valence-electron chi connectivity index (χ0n) is 66.3. The van der Waals surface area contributed by atoms with E-state index < -0.39 is 53.8 Å². The molecule has 0 radical (unpaired) electrons. The van der Waals surface area contributed by atoms with Gasteiger partial charge in [0.25, 0.3) is 0 Å². The van der Waals surface area contributed by atoms with Crippen molar-refractivity contribution >= 4 is 82.3 Å². The fraction of sp³-hybridized carbons (Fsp3) is 0.825. The third-order valence-electron chi connectivity index (χ3n) is 19.2. The molecule has 0 aromatic carbocycles. The molecule has 0 aromatic heterocycles. The first-order valence-corrected chi connectivity index (χ1v) is 41.0. The number of rotatable bonds is 81. The van der Waals surface area contributed by atoms with Crippen molar-refractivity contribution in [1.29, 1.82) is 0 Å². The van der Waals surface area contributed by atoms with Crippen LogP contribution in [0.25, 0.3) is 0 Å². The molecule has 0 aromatic rings. The van der Waals surface area contributed by atoms with Crippen molar-refractivity contribution in [2.24, 2.45) is 29.2 Å². The van der Waals surface area contributed by atoms with Crippen molar-refractivity contribution in [3.63, 3.8) is 0 Å². The minimum Gasteiger partial charge on any atom is -0.481 e. The van der Waals surface area contributed by atoms with E-state index in [1.807, 2.05) is 6.92 Å². The maximum Gasteiger partial charge on any atom is 0.326 e. The lowest BCUT2D eigenvalue weighted by molar-refractivity contribution is -0.144. The van der Waals surface area contributed by atoms with Crippen LogP contribution in [0, 0.1) is 17.8 Å². The molecule has 29 nitrogen and oxygen atoms in total. The summed E-state index contributed by atoms with van der Waals surface area (Å²) in [6, 6.07) is -2.57. The summed E-state index contributed by atoms with van der Waals surface area (Å²) in [5.74, 6) is -7.32. The van der Waals surface area contributed by atoms with Crippen LogP contribution in [0.1, 0.15) is 309 Å². The lowest BCUT2D eigenvalue weighted by Gasteiger charge is -2.17. The normalized spacial score (nSPS) is 12.9. The van der Waals surface area contributed by atoms with Gasteiger partial charge < -0.3 is 77.4 Å². The van der Waals surface area contributed by atoms with Gasteiger partial charge >= 0.3 is 23.9 Å². The molecule has 0 saturated carbocycles. The van der Waals surface area contributed by atoms with Crippen LogP contribution in [0.5, 0.6) is 0 Å². The highest BCUT2D eigenvalue weighted by Crippen LogP contribution is 2.22. The van der Waals surface area contributed by atoms with E-state index >= 15 is 0 Å². The SMILES string of the molecule is CC(=O)[C@H](CCCCNC(=O)[C@@H](N)CCCCCC(=O)COCCOCCNC(=O)CCC(NC(=O)CCCCCCCCCCCCC(=O)O)C(=O)O)CC(=O)[C@@H](C)CCCCNC(=O)[C@@H](N)CCCCCC(=O)COCCOCCNC(=O)CC[C@H](CC(=O)CCCCCCCCCCCCC(=O)O)C(=O)O. The minimum atomic E-state index is -1.21. The minimum absolute atomic E-state index is 0.00911. The molecule has 628 valence electrons. The maximum atomic E-state index is 13.1. The number of carboxylic acid groups (broad SMARTS) is 4. The number of carbonyl (C=O) groups excluding carboxylic acids is 10. The summed E-state index contributed by atoms with van der Waals surface area (Å²) in [6.45, 7) is 5.53. The lowest BCUT2D eigenvalue weighted by atomic mass is 9.87. The number of nitrogens with two attached hydrogens (primary N) is 2. The van der Waals surface area contributed by atoms with Crippen molar-refractivity contribution in [3.05, 3.63) is 0 Å². The van der Waals surface area contributed by atoms with Crippen LogP contribution in [0.3, 0.4) is 0 Å². The van der Waals surface area contributed by atoms with E-state index in [4.69, 9.17) is 40.6 Å². The Bertz CT molecular complexity index is 2560. The average Bonchev–Trinajstić information content (AvgIpc) is 0.934. The lowest BCUT2D eigenvalue weighted by Crippen LogP contribution is -2.41. The number of aliphatic carboxylic acids is 4. The zero-order valence-corrected chi connectivity index (χ0v) is 66.3. The van der Waals surface area contributed by atoms with Gasteiger partial charge in [0.05, 0.1) is 57.6 Å². The molecular formula is C80H141N7O22. The second kappa shape index (κ2) is 70.5. The molecule has 109 heavy (non-hydrogen) atoms. The molecule has 0 rings (SSSR count). The van der Waals surface area contributed by atoms with Crippen molar-refractivity contribution in [2.75, 3.05) is 79.0 Å². The summed E-state index contributed by atoms with van der Waals surface area (Å²) >= 11 is 0. The molecular weight excluding hydrogens is 1410 g/mol. The van der Waals surface area contributed by atoms with E-state index in [0.717, 1.165) is 109 Å². The molecule has 6 atom stereocenters. The van der Waals surface area contributed by atoms with E-state index in [0.29, 0.717) is 142 Å². The quantitative estimate of drug-likeness (QED) is 0.0252. The number of ether oxygens (including phenoxy) is 4. The smallest absolute Gasteiger partial charge is 0.326 e. The largest absolute Gasteiger partial charge is 0.481 e. The molecule has 0 spiro atoms. The molecule has 0 aliphatic carbocycles. The van der Waals surface area contributed by atoms with Crippen molar-refractivity contribution in [2.45, 2.75) is 327 Å². The van der Waals surface area contributed by atoms with Gasteiger partial charge in [-0.1, -0.05) is 148 Å². The fourth-order valence-corrected chi connectivity index (χ4v) is 12.3. The highest BCUT2D eigenvalue weighted by atomic mass is 16.5. The van der Waals surface area contributed by atoms with Crippen LogP contribution in [-0.4, -0.2) is 200 Å². The zero-order chi connectivity index (χ0) is 80.9. The Morgan fingerprint density at radius 1 is 0.321 bits per heavy atom. The number of ketones is 5. The van der Waals surface area contributed by atoms with Gasteiger partial charge in [0.1, 0.15) is 36.6 Å². The topological polar surface area (TPSA) is 469 Å². The predicted molar refractivity (Wildman–Crippen MR) is 413 cm³/mol. The summed E-state index contributed by atoms with van der Waals surface area (Å²) in [6.07, 6.45) is 29.3. The monoisotopic (exact) mass is 1550 g/mol. The standard InChI is InChI=1S/C80H141N7O22/c1-61(33-29-31-47-85-77(100)68(81)38-24-19-22-36-66(90)59-108-55-53-106-51-49-83-72(93)45-43-64(79(102)103)57-65(89)35-21-15-11-7-3-5-9-13-17-27-41-75(96)97)71(92)58-63(62(2)88)34-30-32-48-86-78(101)69(82)39-25-20-23-37-67(91)60-109-56-54-107-52-50-84-73(94)46-44-70(80(104)105)87-74(95)40-26-16-12-8-4-6-10-14-18-28-42-76(98)99/h61,63-64,68-70H,3-60,81-82H2,1-2H3,(H,83,93)(H,84,94)(H,85,100)(H,86,101)(H,87,95)(H,96,97)(H,98,99)(H,102,103)(H,104,105)/t61-,63+,64+,68-,69-,70?/m0/s1. The molecule has 5 amide bonds. The second-order valence-corrected chi connectivity index (χ2v) is 29.1. The van der Waals surface area contributed by atoms with Gasteiger partial charge in [-0.25, -0.2) is 4.79 Å². The van der Waals surface area contributed by atoms with Gasteiger partial charge in [0.15, 0.2) is 11.6 Å². The number of nitrogens with one attached hydrogen (secondary N) is 5. The Hall–Kier alpha value is -6.66. The Morgan fingerprint density at radius 2 is 0.688 bits per heavy atom. The van der Waals surface area contributed by atoms with Gasteiger partial charge in [-0.05, 0) is 96.8 Å². The number of carbonyl (C=O) groups is 14. The van der Waals surface area contributed by atoms with Crippen LogP contribution >= 0.6 is 0 Å². The molecule has 0 fully saturated rings. The van der Waals surface area contributed by atoms with E-state index in [2.05, 4.69) is 26.6 Å².